The summed E-state index contributed by atoms with van der Waals surface area (Å²) in [7, 11) is 0. The normalized spacial score (nSPS) is 13.1. The van der Waals surface area contributed by atoms with Crippen molar-refractivity contribution in [3.8, 4) is 67.5 Å². The minimum absolute atomic E-state index is 0.0547. The topological polar surface area (TPSA) is 51.6 Å². The third-order valence-corrected chi connectivity index (χ3v) is 11.6. The largest absolute Gasteiger partial charge is 0.264 e. The molecule has 0 saturated heterocycles. The summed E-state index contributed by atoms with van der Waals surface area (Å²) in [6, 6.07) is 56.5. The minimum Gasteiger partial charge on any atom is -0.264 e. The number of rotatable bonds is 5. The van der Waals surface area contributed by atoms with Crippen LogP contribution in [0.15, 0.2) is 170 Å². The fraction of sp³-hybridized carbons (Fsp3) is 0.0588. The van der Waals surface area contributed by atoms with Crippen molar-refractivity contribution in [1.29, 1.82) is 0 Å². The van der Waals surface area contributed by atoms with Gasteiger partial charge in [0.15, 0.2) is 17.5 Å². The van der Waals surface area contributed by atoms with Gasteiger partial charge in [0.25, 0.3) is 0 Å². The van der Waals surface area contributed by atoms with Gasteiger partial charge in [-0.05, 0) is 95.0 Å². The Morgan fingerprint density at radius 3 is 1.65 bits per heavy atom. The molecule has 2 aromatic heterocycles. The molecule has 0 amide bonds. The van der Waals surface area contributed by atoms with Crippen molar-refractivity contribution in [2.75, 3.05) is 0 Å². The van der Waals surface area contributed by atoms with Crippen LogP contribution in [0.2, 0.25) is 0 Å². The Morgan fingerprint density at radius 2 is 0.945 bits per heavy atom. The first-order valence-electron chi connectivity index (χ1n) is 18.8. The molecule has 10 aromatic rings. The highest BCUT2D eigenvalue weighted by atomic mass is 15.0. The number of benzene rings is 8. The summed E-state index contributed by atoms with van der Waals surface area (Å²) < 4.78 is 0. The van der Waals surface area contributed by atoms with Gasteiger partial charge in [0.2, 0.25) is 0 Å². The van der Waals surface area contributed by atoms with E-state index in [-0.39, 0.29) is 5.41 Å². The Morgan fingerprint density at radius 1 is 0.382 bits per heavy atom. The molecule has 0 atom stereocenters. The zero-order valence-electron chi connectivity index (χ0n) is 30.5. The highest BCUT2D eigenvalue weighted by Gasteiger charge is 2.35. The number of hydrogen-bond donors (Lipinski definition) is 0. The molecule has 1 aliphatic carbocycles. The molecule has 0 fully saturated rings. The van der Waals surface area contributed by atoms with Crippen molar-refractivity contribution in [3.63, 3.8) is 0 Å². The van der Waals surface area contributed by atoms with E-state index in [1.54, 1.807) is 6.20 Å². The molecule has 11 rings (SSSR count). The van der Waals surface area contributed by atoms with Crippen molar-refractivity contribution in [2.24, 2.45) is 0 Å². The van der Waals surface area contributed by atoms with E-state index >= 15 is 0 Å². The lowest BCUT2D eigenvalue weighted by atomic mass is 9.81. The summed E-state index contributed by atoms with van der Waals surface area (Å²) in [6.45, 7) is 4.65. The van der Waals surface area contributed by atoms with Gasteiger partial charge in [-0.25, -0.2) is 15.0 Å². The lowest BCUT2D eigenvalue weighted by Gasteiger charge is -2.22. The van der Waals surface area contributed by atoms with Crippen LogP contribution in [0, 0.1) is 0 Å². The molecule has 4 nitrogen and oxygen atoms in total. The second-order valence-corrected chi connectivity index (χ2v) is 15.1. The van der Waals surface area contributed by atoms with Crippen LogP contribution in [0.25, 0.3) is 99.9 Å². The van der Waals surface area contributed by atoms with Gasteiger partial charge in [-0.3, -0.25) is 4.98 Å². The molecular formula is C51H34N4. The van der Waals surface area contributed by atoms with Gasteiger partial charge >= 0.3 is 0 Å². The van der Waals surface area contributed by atoms with Crippen LogP contribution < -0.4 is 0 Å². The fourth-order valence-corrected chi connectivity index (χ4v) is 8.73. The van der Waals surface area contributed by atoms with Gasteiger partial charge < -0.3 is 0 Å². The molecule has 55 heavy (non-hydrogen) atoms. The van der Waals surface area contributed by atoms with E-state index in [2.05, 4.69) is 170 Å². The second kappa shape index (κ2) is 12.0. The molecule has 0 bridgehead atoms. The summed E-state index contributed by atoms with van der Waals surface area (Å²) in [5, 5.41) is 7.31. The molecule has 2 heterocycles. The molecule has 8 aromatic carbocycles. The Labute approximate surface area is 319 Å². The summed E-state index contributed by atoms with van der Waals surface area (Å²) >= 11 is 0. The van der Waals surface area contributed by atoms with E-state index in [4.69, 9.17) is 15.0 Å². The van der Waals surface area contributed by atoms with Gasteiger partial charge in [0, 0.05) is 34.5 Å². The maximum absolute atomic E-state index is 5.21. The first-order valence-corrected chi connectivity index (χ1v) is 18.8. The van der Waals surface area contributed by atoms with Gasteiger partial charge in [0.1, 0.15) is 0 Å². The van der Waals surface area contributed by atoms with Gasteiger partial charge in [-0.2, -0.15) is 0 Å². The first kappa shape index (κ1) is 31.5. The summed E-state index contributed by atoms with van der Waals surface area (Å²) in [5.41, 5.74) is 12.7. The maximum atomic E-state index is 5.21. The number of aromatic nitrogens is 4. The maximum Gasteiger partial charge on any atom is 0.164 e. The second-order valence-electron chi connectivity index (χ2n) is 15.1. The van der Waals surface area contributed by atoms with E-state index in [1.165, 1.54) is 54.7 Å². The summed E-state index contributed by atoms with van der Waals surface area (Å²) in [6.07, 6.45) is 3.68. The smallest absolute Gasteiger partial charge is 0.164 e. The number of hydrogen-bond acceptors (Lipinski definition) is 4. The molecule has 0 saturated carbocycles. The molecule has 1 aliphatic rings. The predicted molar refractivity (Wildman–Crippen MR) is 226 cm³/mol. The molecule has 258 valence electrons. The average molecular weight is 703 g/mol. The highest BCUT2D eigenvalue weighted by molar-refractivity contribution is 6.25. The Kier molecular flexibility index (Phi) is 6.86. The molecule has 0 unspecified atom stereocenters. The quantitative estimate of drug-likeness (QED) is 0.168. The van der Waals surface area contributed by atoms with E-state index in [0.717, 1.165) is 38.8 Å². The van der Waals surface area contributed by atoms with Crippen molar-refractivity contribution in [1.82, 2.24) is 19.9 Å². The minimum atomic E-state index is -0.0547. The van der Waals surface area contributed by atoms with E-state index in [9.17, 15) is 0 Å². The lowest BCUT2D eigenvalue weighted by molar-refractivity contribution is 0.660. The van der Waals surface area contributed by atoms with E-state index in [1.807, 2.05) is 12.3 Å². The SMILES string of the molecule is CC1(C)c2ccccc2-c2ccc(-c3ccc(-c4nc(-c5ccc(-c6cccnc6)cc5)nc(-c5ccc6ccc7cccc8ccc5c6c78)n4)cc3)cc21. The first-order chi connectivity index (χ1) is 27.0. The van der Waals surface area contributed by atoms with Crippen LogP contribution in [0.3, 0.4) is 0 Å². The zero-order valence-corrected chi connectivity index (χ0v) is 30.5. The summed E-state index contributed by atoms with van der Waals surface area (Å²) in [5.74, 6) is 1.92. The Bertz CT molecular complexity index is 3080. The predicted octanol–water partition coefficient (Wildman–Crippen LogP) is 12.8. The van der Waals surface area contributed by atoms with Gasteiger partial charge in [0.05, 0.1) is 0 Å². The van der Waals surface area contributed by atoms with Crippen molar-refractivity contribution >= 4 is 32.3 Å². The molecule has 4 heteroatoms. The Hall–Kier alpha value is -7.04. The number of fused-ring (bicyclic) bond motifs is 3. The van der Waals surface area contributed by atoms with Crippen molar-refractivity contribution < 1.29 is 0 Å². The number of nitrogens with zero attached hydrogens (tertiary/aromatic N) is 4. The van der Waals surface area contributed by atoms with Crippen LogP contribution in [0.5, 0.6) is 0 Å². The monoisotopic (exact) mass is 702 g/mol. The van der Waals surface area contributed by atoms with Crippen LogP contribution in [0.1, 0.15) is 25.0 Å². The van der Waals surface area contributed by atoms with Crippen LogP contribution in [0.4, 0.5) is 0 Å². The molecule has 0 radical (unpaired) electrons. The fourth-order valence-electron chi connectivity index (χ4n) is 8.73. The Balaban J connectivity index is 1.04. The van der Waals surface area contributed by atoms with Gasteiger partial charge in [-0.1, -0.05) is 153 Å². The van der Waals surface area contributed by atoms with Gasteiger partial charge in [-0.15, -0.1) is 0 Å². The van der Waals surface area contributed by atoms with E-state index < -0.39 is 0 Å². The standard InChI is InChI=1S/C51H34N4/c1-51(2)44-11-4-3-10-40(44)41-25-24-38(29-45(41)51)31-12-18-36(19-13-31)48-53-49(37-20-14-32(15-21-37)39-9-6-28-52-30-39)55-50(54-48)43-27-23-35-17-16-33-7-5-8-34-22-26-42(43)47(35)46(33)34/h3-30H,1-2H3. The zero-order chi connectivity index (χ0) is 36.7. The number of pyridine rings is 1. The van der Waals surface area contributed by atoms with Crippen LogP contribution in [-0.4, -0.2) is 19.9 Å². The molecule has 0 spiro atoms. The van der Waals surface area contributed by atoms with Crippen molar-refractivity contribution in [2.45, 2.75) is 19.3 Å². The van der Waals surface area contributed by atoms with Crippen LogP contribution >= 0.6 is 0 Å². The highest BCUT2D eigenvalue weighted by Crippen LogP contribution is 2.49. The molecule has 0 N–H and O–H groups in total. The van der Waals surface area contributed by atoms with E-state index in [0.29, 0.717) is 17.5 Å². The van der Waals surface area contributed by atoms with Crippen molar-refractivity contribution in [3.05, 3.63) is 181 Å². The third-order valence-electron chi connectivity index (χ3n) is 11.6. The molecular weight excluding hydrogens is 669 g/mol. The lowest BCUT2D eigenvalue weighted by Crippen LogP contribution is -2.14. The third kappa shape index (κ3) is 4.99. The average Bonchev–Trinajstić information content (AvgIpc) is 3.48. The molecule has 0 aliphatic heterocycles. The summed E-state index contributed by atoms with van der Waals surface area (Å²) in [4.78, 5) is 19.8. The van der Waals surface area contributed by atoms with Crippen LogP contribution in [-0.2, 0) is 5.41 Å².